The Hall–Kier alpha value is -4.76. The van der Waals surface area contributed by atoms with E-state index in [0.717, 1.165) is 76.0 Å². The number of aryl methyl sites for hydroxylation is 4. The Bertz CT molecular complexity index is 2280. The van der Waals surface area contributed by atoms with Gasteiger partial charge < -0.3 is 16.0 Å². The van der Waals surface area contributed by atoms with E-state index in [-0.39, 0.29) is 24.1 Å². The highest BCUT2D eigenvalue weighted by Gasteiger charge is 2.32. The fourth-order valence-corrected chi connectivity index (χ4v) is 9.41. The minimum Gasteiger partial charge on any atom is -0.355 e. The molecule has 0 saturated heterocycles. The number of anilines is 2. The van der Waals surface area contributed by atoms with Gasteiger partial charge in [-0.05, 0) is 83.8 Å². The van der Waals surface area contributed by atoms with E-state index >= 15 is 0 Å². The van der Waals surface area contributed by atoms with Crippen LogP contribution in [-0.2, 0) is 9.59 Å². The van der Waals surface area contributed by atoms with Crippen LogP contribution in [0.3, 0.4) is 0 Å². The maximum Gasteiger partial charge on any atom is 0.259 e. The molecule has 4 heterocycles. The van der Waals surface area contributed by atoms with E-state index in [1.807, 2.05) is 51.1 Å². The Balaban J connectivity index is 0.818. The lowest BCUT2D eigenvalue weighted by atomic mass is 9.99. The second-order valence-corrected chi connectivity index (χ2v) is 18.2. The van der Waals surface area contributed by atoms with Gasteiger partial charge in [-0.15, -0.1) is 32.9 Å². The quantitative estimate of drug-likeness (QED) is 0.0536. The van der Waals surface area contributed by atoms with Crippen molar-refractivity contribution < 1.29 is 14.4 Å². The van der Waals surface area contributed by atoms with Gasteiger partial charge in [0.05, 0.1) is 29.1 Å². The van der Waals surface area contributed by atoms with Crippen molar-refractivity contribution in [2.45, 2.75) is 111 Å². The van der Waals surface area contributed by atoms with E-state index in [4.69, 9.17) is 16.6 Å². The number of amides is 3. The molecule has 3 aromatic heterocycles. The molecule has 318 valence electrons. The van der Waals surface area contributed by atoms with Crippen LogP contribution in [0.25, 0.3) is 5.00 Å². The van der Waals surface area contributed by atoms with Crippen molar-refractivity contribution in [3.05, 3.63) is 103 Å². The summed E-state index contributed by atoms with van der Waals surface area (Å²) in [5, 5.41) is 23.5. The van der Waals surface area contributed by atoms with Crippen molar-refractivity contribution in [2.24, 2.45) is 4.99 Å². The molecule has 4 N–H and O–H groups in total. The van der Waals surface area contributed by atoms with Crippen molar-refractivity contribution in [3.63, 3.8) is 0 Å². The normalized spacial score (nSPS) is 13.3. The number of carbonyl (C=O) groups excluding carboxylic acids is 3. The fraction of sp³-hybridized carbons (Fsp3) is 0.444. The predicted molar refractivity (Wildman–Crippen MR) is 245 cm³/mol. The number of fused-ring (bicyclic) bond motifs is 3. The third-order valence-corrected chi connectivity index (χ3v) is 13.2. The number of para-hydroxylation sites is 1. The molecule has 1 aliphatic rings. The molecule has 6 rings (SSSR count). The number of aliphatic imine (C=N–C) groups is 1. The molecular weight excluding hydrogens is 814 g/mol. The molecule has 0 spiro atoms. The first-order chi connectivity index (χ1) is 29.0. The summed E-state index contributed by atoms with van der Waals surface area (Å²) in [4.78, 5) is 50.7. The Kier molecular flexibility index (Phi) is 16.2. The first-order valence-electron chi connectivity index (χ1n) is 21.0. The van der Waals surface area contributed by atoms with Crippen LogP contribution in [0.15, 0.2) is 53.5 Å². The van der Waals surface area contributed by atoms with Crippen LogP contribution in [0.4, 0.5) is 10.8 Å². The van der Waals surface area contributed by atoms with Crippen molar-refractivity contribution >= 4 is 68.5 Å². The van der Waals surface area contributed by atoms with Crippen LogP contribution in [0.1, 0.15) is 131 Å². The van der Waals surface area contributed by atoms with Crippen molar-refractivity contribution in [1.29, 1.82) is 0 Å². The number of thiazole rings is 1. The molecule has 1 aliphatic heterocycles. The van der Waals surface area contributed by atoms with Gasteiger partial charge in [0.1, 0.15) is 16.9 Å². The number of unbranched alkanes of at least 4 members (excludes halogenated alkanes) is 8. The molecule has 15 heteroatoms. The van der Waals surface area contributed by atoms with Gasteiger partial charge in [-0.2, -0.15) is 0 Å². The third-order valence-electron chi connectivity index (χ3n) is 10.8. The van der Waals surface area contributed by atoms with E-state index in [2.05, 4.69) is 54.9 Å². The summed E-state index contributed by atoms with van der Waals surface area (Å²) in [6, 6.07) is 14.3. The highest BCUT2D eigenvalue weighted by atomic mass is 35.5. The molecule has 0 fully saturated rings. The largest absolute Gasteiger partial charge is 0.355 e. The molecule has 0 aliphatic carbocycles. The monoisotopic (exact) mass is 869 g/mol. The van der Waals surface area contributed by atoms with Crippen LogP contribution < -0.4 is 21.3 Å². The summed E-state index contributed by atoms with van der Waals surface area (Å²) in [7, 11) is 0. The van der Waals surface area contributed by atoms with Crippen molar-refractivity contribution in [2.75, 3.05) is 30.3 Å². The molecule has 0 bridgehead atoms. The summed E-state index contributed by atoms with van der Waals surface area (Å²) in [6.45, 7) is 12.2. The Morgan fingerprint density at radius 2 is 1.45 bits per heavy atom. The fourth-order valence-electron chi connectivity index (χ4n) is 7.26. The third kappa shape index (κ3) is 11.7. The number of aromatic nitrogens is 4. The molecule has 12 nitrogen and oxygen atoms in total. The maximum atomic E-state index is 13.3. The van der Waals surface area contributed by atoms with Crippen molar-refractivity contribution in [1.82, 2.24) is 30.4 Å². The van der Waals surface area contributed by atoms with E-state index in [1.54, 1.807) is 29.5 Å². The highest BCUT2D eigenvalue weighted by molar-refractivity contribution is 7.16. The van der Waals surface area contributed by atoms with Gasteiger partial charge in [-0.3, -0.25) is 29.3 Å². The van der Waals surface area contributed by atoms with Crippen molar-refractivity contribution in [3.8, 4) is 5.00 Å². The van der Waals surface area contributed by atoms with Gasteiger partial charge in [0, 0.05) is 45.4 Å². The van der Waals surface area contributed by atoms with Crippen LogP contribution >= 0.6 is 34.3 Å². The number of hydrogen-bond donors (Lipinski definition) is 4. The smallest absolute Gasteiger partial charge is 0.259 e. The number of halogens is 1. The zero-order chi connectivity index (χ0) is 42.6. The van der Waals surface area contributed by atoms with Gasteiger partial charge in [-0.25, -0.2) is 4.98 Å². The summed E-state index contributed by atoms with van der Waals surface area (Å²) < 4.78 is 2.06. The lowest BCUT2D eigenvalue weighted by Gasteiger charge is -2.13. The number of nitrogens with zero attached hydrogens (tertiary/aromatic N) is 5. The van der Waals surface area contributed by atoms with Crippen LogP contribution in [0.5, 0.6) is 0 Å². The molecule has 1 atom stereocenters. The van der Waals surface area contributed by atoms with E-state index in [1.165, 1.54) is 48.3 Å². The Morgan fingerprint density at radius 3 is 2.17 bits per heavy atom. The molecule has 2 aromatic carbocycles. The first kappa shape index (κ1) is 44.8. The van der Waals surface area contributed by atoms with Crippen LogP contribution in [0.2, 0.25) is 5.02 Å². The zero-order valence-corrected chi connectivity index (χ0v) is 37.6. The van der Waals surface area contributed by atoms with E-state index in [0.29, 0.717) is 46.7 Å². The minimum atomic E-state index is -0.490. The van der Waals surface area contributed by atoms with Gasteiger partial charge in [-0.1, -0.05) is 80.8 Å². The predicted octanol–water partition coefficient (Wildman–Crippen LogP) is 9.76. The number of rotatable bonds is 21. The zero-order valence-electron chi connectivity index (χ0n) is 35.3. The van der Waals surface area contributed by atoms with Gasteiger partial charge in [0.25, 0.3) is 5.91 Å². The Morgan fingerprint density at radius 1 is 0.750 bits per heavy atom. The van der Waals surface area contributed by atoms with Crippen LogP contribution in [-0.4, -0.2) is 62.8 Å². The minimum absolute atomic E-state index is 0.0740. The summed E-state index contributed by atoms with van der Waals surface area (Å²) in [5.41, 5.74) is 5.82. The molecule has 0 unspecified atom stereocenters. The van der Waals surface area contributed by atoms with Crippen LogP contribution in [0, 0.1) is 34.6 Å². The lowest BCUT2D eigenvalue weighted by molar-refractivity contribution is -0.121. The highest BCUT2D eigenvalue weighted by Crippen LogP contribution is 2.39. The van der Waals surface area contributed by atoms with E-state index in [9.17, 15) is 14.4 Å². The molecule has 5 aromatic rings. The van der Waals surface area contributed by atoms with E-state index < -0.39 is 6.04 Å². The SMILES string of the molecule is Cc1nc(NC(=O)c2ccccc2NC(=O)CCCCCCCCCCCNCCNC(=O)C[C@@H]2N=C(c3ccc(Cl)cc3)c3c(sc(C)c3C)-n3c(C)nnc32)sc1C. The number of carbonyl (C=O) groups is 3. The second kappa shape index (κ2) is 21.7. The van der Waals surface area contributed by atoms with Gasteiger partial charge in [0.15, 0.2) is 11.0 Å². The Labute approximate surface area is 366 Å². The standard InChI is InChI=1S/C45H56ClN9O3S2/c1-28-30(3)59-44-40(28)41(33-20-22-34(46)23-21-33)51-37(42-54-53-32(5)55(42)44)27-39(57)48-26-25-47-24-16-12-10-8-6-7-9-11-13-19-38(56)50-36-18-15-14-17-35(36)43(58)52-45-49-29(2)31(4)60-45/h14-15,17-18,20-23,37,47H,6-13,16,19,24-27H2,1-5H3,(H,48,57)(H,50,56)(H,49,52,58)/t37-/m0/s1. The molecule has 0 radical (unpaired) electrons. The molecule has 3 amide bonds. The second-order valence-electron chi connectivity index (χ2n) is 15.3. The topological polar surface area (TPSA) is 155 Å². The average Bonchev–Trinajstić information content (AvgIpc) is 3.83. The number of hydrogen-bond acceptors (Lipinski definition) is 10. The first-order valence-corrected chi connectivity index (χ1v) is 23.0. The summed E-state index contributed by atoms with van der Waals surface area (Å²) in [5.74, 6) is 1.00. The number of thiophene rings is 1. The molecule has 60 heavy (non-hydrogen) atoms. The summed E-state index contributed by atoms with van der Waals surface area (Å²) >= 11 is 9.37. The number of benzene rings is 2. The molecular formula is C45H56ClN9O3S2. The maximum absolute atomic E-state index is 13.3. The van der Waals surface area contributed by atoms with Gasteiger partial charge in [0.2, 0.25) is 11.8 Å². The molecule has 0 saturated carbocycles. The number of nitrogens with one attached hydrogen (secondary N) is 4. The average molecular weight is 871 g/mol. The lowest BCUT2D eigenvalue weighted by Crippen LogP contribution is -2.33. The van der Waals surface area contributed by atoms with Gasteiger partial charge >= 0.3 is 0 Å². The summed E-state index contributed by atoms with van der Waals surface area (Å²) in [6.07, 6.45) is 10.6.